The van der Waals surface area contributed by atoms with E-state index in [-0.39, 0.29) is 0 Å². The summed E-state index contributed by atoms with van der Waals surface area (Å²) in [4.78, 5) is 0. The molecule has 0 radical (unpaired) electrons. The number of hydrogen-bond donors (Lipinski definition) is 1. The van der Waals surface area contributed by atoms with Crippen LogP contribution in [0, 0.1) is 6.92 Å². The van der Waals surface area contributed by atoms with E-state index >= 15 is 0 Å². The third-order valence-corrected chi connectivity index (χ3v) is 4.20. The molecular weight excluding hydrogens is 286 g/mol. The van der Waals surface area contributed by atoms with Gasteiger partial charge in [-0.15, -0.1) is 0 Å². The van der Waals surface area contributed by atoms with Crippen molar-refractivity contribution in [1.82, 2.24) is 5.32 Å². The molecule has 0 aliphatic carbocycles. The van der Waals surface area contributed by atoms with Crippen LogP contribution in [0.3, 0.4) is 0 Å². The van der Waals surface area contributed by atoms with Gasteiger partial charge in [-0.2, -0.15) is 0 Å². The highest BCUT2D eigenvalue weighted by Crippen LogP contribution is 2.20. The second-order valence-corrected chi connectivity index (χ2v) is 6.15. The largest absolute Gasteiger partial charge is 0.489 e. The Morgan fingerprint density at radius 3 is 2.74 bits per heavy atom. The second-order valence-electron chi connectivity index (χ2n) is 6.15. The van der Waals surface area contributed by atoms with E-state index in [9.17, 15) is 0 Å². The molecule has 0 saturated carbocycles. The van der Waals surface area contributed by atoms with E-state index in [0.717, 1.165) is 25.4 Å². The van der Waals surface area contributed by atoms with Crippen molar-refractivity contribution < 1.29 is 9.47 Å². The number of benzene rings is 2. The lowest BCUT2D eigenvalue weighted by Gasteiger charge is -2.14. The number of ether oxygens (including phenoxy) is 2. The Morgan fingerprint density at radius 1 is 1.13 bits per heavy atom. The minimum absolute atomic E-state index is 0.371. The van der Waals surface area contributed by atoms with Crippen molar-refractivity contribution in [3.8, 4) is 5.75 Å². The fourth-order valence-electron chi connectivity index (χ4n) is 2.81. The zero-order valence-corrected chi connectivity index (χ0v) is 13.8. The Kier molecular flexibility index (Phi) is 5.67. The minimum Gasteiger partial charge on any atom is -0.489 e. The number of nitrogens with one attached hydrogen (secondary N) is 1. The first-order valence-electron chi connectivity index (χ1n) is 8.40. The summed E-state index contributed by atoms with van der Waals surface area (Å²) < 4.78 is 11.7. The van der Waals surface area contributed by atoms with Gasteiger partial charge in [0.25, 0.3) is 0 Å². The van der Waals surface area contributed by atoms with E-state index in [1.807, 2.05) is 12.1 Å². The zero-order chi connectivity index (χ0) is 15.9. The molecule has 0 bridgehead atoms. The number of hydrogen-bond acceptors (Lipinski definition) is 3. The molecule has 1 N–H and O–H groups in total. The Hall–Kier alpha value is -1.84. The summed E-state index contributed by atoms with van der Waals surface area (Å²) in [6.45, 7) is 5.32. The third-order valence-electron chi connectivity index (χ3n) is 4.20. The lowest BCUT2D eigenvalue weighted by atomic mass is 10.1. The van der Waals surface area contributed by atoms with Gasteiger partial charge in [-0.1, -0.05) is 48.0 Å². The fraction of sp³-hybridized carbons (Fsp3) is 0.400. The summed E-state index contributed by atoms with van der Waals surface area (Å²) in [7, 11) is 0. The molecule has 2 aromatic carbocycles. The van der Waals surface area contributed by atoms with Gasteiger partial charge >= 0.3 is 0 Å². The molecule has 122 valence electrons. The van der Waals surface area contributed by atoms with Gasteiger partial charge in [-0.25, -0.2) is 0 Å². The van der Waals surface area contributed by atoms with Gasteiger partial charge in [-0.05, 0) is 31.4 Å². The van der Waals surface area contributed by atoms with Crippen molar-refractivity contribution in [3.63, 3.8) is 0 Å². The van der Waals surface area contributed by atoms with Gasteiger partial charge < -0.3 is 14.8 Å². The normalized spacial score (nSPS) is 17.3. The summed E-state index contributed by atoms with van der Waals surface area (Å²) in [5, 5.41) is 3.48. The maximum atomic E-state index is 6.01. The van der Waals surface area contributed by atoms with E-state index < -0.39 is 0 Å². The molecule has 0 spiro atoms. The maximum absolute atomic E-state index is 6.01. The summed E-state index contributed by atoms with van der Waals surface area (Å²) >= 11 is 0. The quantitative estimate of drug-likeness (QED) is 0.842. The molecule has 1 atom stereocenters. The van der Waals surface area contributed by atoms with Gasteiger partial charge in [0.2, 0.25) is 0 Å². The number of para-hydroxylation sites is 1. The number of aryl methyl sites for hydroxylation is 1. The minimum atomic E-state index is 0.371. The van der Waals surface area contributed by atoms with E-state index in [4.69, 9.17) is 9.47 Å². The molecule has 0 amide bonds. The highest BCUT2D eigenvalue weighted by atomic mass is 16.5. The Labute approximate surface area is 138 Å². The van der Waals surface area contributed by atoms with Crippen molar-refractivity contribution in [1.29, 1.82) is 0 Å². The molecule has 2 aromatic rings. The molecular formula is C20H25NO2. The lowest BCUT2D eigenvalue weighted by molar-refractivity contribution is 0.110. The first-order chi connectivity index (χ1) is 11.3. The van der Waals surface area contributed by atoms with Crippen molar-refractivity contribution in [2.45, 2.75) is 39.0 Å². The summed E-state index contributed by atoms with van der Waals surface area (Å²) in [5.74, 6) is 0.952. The summed E-state index contributed by atoms with van der Waals surface area (Å²) in [5.41, 5.74) is 3.66. The standard InChI is InChI=1S/C20H25NO2/c1-16-8-10-17(11-9-16)15-23-20-7-3-2-5-18(20)13-21-14-19-6-4-12-22-19/h2-3,5,7-11,19,21H,4,6,12-15H2,1H3. The van der Waals surface area contributed by atoms with Crippen LogP contribution in [0.5, 0.6) is 5.75 Å². The molecule has 3 nitrogen and oxygen atoms in total. The maximum Gasteiger partial charge on any atom is 0.124 e. The monoisotopic (exact) mass is 311 g/mol. The first-order valence-corrected chi connectivity index (χ1v) is 8.40. The molecule has 1 unspecified atom stereocenters. The SMILES string of the molecule is Cc1ccc(COc2ccccc2CNCC2CCCO2)cc1. The molecule has 1 saturated heterocycles. The van der Waals surface area contributed by atoms with Crippen LogP contribution in [0.4, 0.5) is 0 Å². The average molecular weight is 311 g/mol. The predicted octanol–water partition coefficient (Wildman–Crippen LogP) is 3.84. The van der Waals surface area contributed by atoms with Crippen LogP contribution < -0.4 is 10.1 Å². The topological polar surface area (TPSA) is 30.5 Å². The average Bonchev–Trinajstić information content (AvgIpc) is 3.09. The zero-order valence-electron chi connectivity index (χ0n) is 13.8. The van der Waals surface area contributed by atoms with Crippen LogP contribution in [-0.4, -0.2) is 19.3 Å². The van der Waals surface area contributed by atoms with E-state index in [1.165, 1.54) is 29.5 Å². The molecule has 1 heterocycles. The highest BCUT2D eigenvalue weighted by Gasteiger charge is 2.14. The van der Waals surface area contributed by atoms with Crippen LogP contribution in [0.2, 0.25) is 0 Å². The molecule has 1 aliphatic heterocycles. The third kappa shape index (κ3) is 4.81. The van der Waals surface area contributed by atoms with Gasteiger partial charge in [0, 0.05) is 25.3 Å². The Morgan fingerprint density at radius 2 is 1.96 bits per heavy atom. The molecule has 1 fully saturated rings. The molecule has 3 rings (SSSR count). The molecule has 0 aromatic heterocycles. The van der Waals surface area contributed by atoms with Crippen LogP contribution in [-0.2, 0) is 17.9 Å². The van der Waals surface area contributed by atoms with Gasteiger partial charge in [0.15, 0.2) is 0 Å². The van der Waals surface area contributed by atoms with E-state index in [0.29, 0.717) is 12.7 Å². The van der Waals surface area contributed by atoms with Gasteiger partial charge in [0.05, 0.1) is 6.10 Å². The first kappa shape index (κ1) is 16.0. The highest BCUT2D eigenvalue weighted by molar-refractivity contribution is 5.33. The van der Waals surface area contributed by atoms with Crippen molar-refractivity contribution in [3.05, 3.63) is 65.2 Å². The Balaban J connectivity index is 1.53. The molecule has 1 aliphatic rings. The summed E-state index contributed by atoms with van der Waals surface area (Å²) in [6, 6.07) is 16.7. The second kappa shape index (κ2) is 8.14. The van der Waals surface area contributed by atoms with Gasteiger partial charge in [-0.3, -0.25) is 0 Å². The van der Waals surface area contributed by atoms with Crippen LogP contribution in [0.15, 0.2) is 48.5 Å². The smallest absolute Gasteiger partial charge is 0.124 e. The summed E-state index contributed by atoms with van der Waals surface area (Å²) in [6.07, 6.45) is 2.72. The number of rotatable bonds is 7. The lowest BCUT2D eigenvalue weighted by Crippen LogP contribution is -2.25. The van der Waals surface area contributed by atoms with Gasteiger partial charge in [0.1, 0.15) is 12.4 Å². The van der Waals surface area contributed by atoms with Crippen molar-refractivity contribution in [2.24, 2.45) is 0 Å². The van der Waals surface area contributed by atoms with Crippen LogP contribution >= 0.6 is 0 Å². The van der Waals surface area contributed by atoms with E-state index in [2.05, 4.69) is 48.6 Å². The van der Waals surface area contributed by atoms with Crippen LogP contribution in [0.25, 0.3) is 0 Å². The Bertz CT molecular complexity index is 603. The molecule has 3 heteroatoms. The fourth-order valence-corrected chi connectivity index (χ4v) is 2.81. The van der Waals surface area contributed by atoms with Crippen molar-refractivity contribution in [2.75, 3.05) is 13.2 Å². The van der Waals surface area contributed by atoms with Crippen molar-refractivity contribution >= 4 is 0 Å². The predicted molar refractivity (Wildman–Crippen MR) is 92.6 cm³/mol. The molecule has 23 heavy (non-hydrogen) atoms. The van der Waals surface area contributed by atoms with Crippen LogP contribution in [0.1, 0.15) is 29.5 Å². The van der Waals surface area contributed by atoms with E-state index in [1.54, 1.807) is 0 Å².